The third-order valence-electron chi connectivity index (χ3n) is 3.97. The van der Waals surface area contributed by atoms with Crippen LogP contribution in [-0.4, -0.2) is 53.0 Å². The molecule has 1 aromatic heterocycles. The van der Waals surface area contributed by atoms with Crippen molar-refractivity contribution in [2.75, 3.05) is 31.1 Å². The Morgan fingerprint density at radius 1 is 1.04 bits per heavy atom. The number of carboxylic acids is 1. The fourth-order valence-electron chi connectivity index (χ4n) is 2.71. The molecule has 1 aliphatic rings. The van der Waals surface area contributed by atoms with Gasteiger partial charge in [0, 0.05) is 42.4 Å². The van der Waals surface area contributed by atoms with E-state index in [1.54, 1.807) is 35.4 Å². The van der Waals surface area contributed by atoms with Crippen LogP contribution in [0.4, 0.5) is 5.82 Å². The Morgan fingerprint density at radius 3 is 2.33 bits per heavy atom. The number of carbonyl (C=O) groups is 2. The summed E-state index contributed by atoms with van der Waals surface area (Å²) in [6.45, 7) is 2.17. The molecule has 1 saturated heterocycles. The van der Waals surface area contributed by atoms with Crippen molar-refractivity contribution in [1.29, 1.82) is 0 Å². The number of pyridine rings is 1. The van der Waals surface area contributed by atoms with Crippen molar-refractivity contribution >= 4 is 33.6 Å². The van der Waals surface area contributed by atoms with Gasteiger partial charge in [-0.1, -0.05) is 15.9 Å². The first-order chi connectivity index (χ1) is 11.6. The number of rotatable bonds is 3. The number of amides is 1. The predicted octanol–water partition coefficient (Wildman–Crippen LogP) is 2.50. The van der Waals surface area contributed by atoms with Crippen LogP contribution in [0.25, 0.3) is 0 Å². The molecule has 124 valence electrons. The summed E-state index contributed by atoms with van der Waals surface area (Å²) in [4.78, 5) is 31.7. The molecule has 2 heterocycles. The highest BCUT2D eigenvalue weighted by Gasteiger charge is 2.25. The van der Waals surface area contributed by atoms with Crippen LogP contribution in [0.1, 0.15) is 20.7 Å². The summed E-state index contributed by atoms with van der Waals surface area (Å²) in [6, 6.07) is 10.4. The second-order valence-corrected chi connectivity index (χ2v) is 6.38. The second kappa shape index (κ2) is 7.00. The Morgan fingerprint density at radius 2 is 1.71 bits per heavy atom. The molecular formula is C17H16BrN3O3. The fourth-order valence-corrected chi connectivity index (χ4v) is 2.98. The van der Waals surface area contributed by atoms with Crippen molar-refractivity contribution in [3.05, 3.63) is 58.2 Å². The van der Waals surface area contributed by atoms with Gasteiger partial charge >= 0.3 is 5.97 Å². The highest BCUT2D eigenvalue weighted by atomic mass is 79.9. The van der Waals surface area contributed by atoms with Gasteiger partial charge in [-0.05, 0) is 36.4 Å². The highest BCUT2D eigenvalue weighted by molar-refractivity contribution is 9.10. The van der Waals surface area contributed by atoms with Crippen LogP contribution in [0.15, 0.2) is 47.1 Å². The Labute approximate surface area is 147 Å². The third-order valence-corrected chi connectivity index (χ3v) is 4.50. The van der Waals surface area contributed by atoms with E-state index in [4.69, 9.17) is 0 Å². The fraction of sp³-hybridized carbons (Fsp3) is 0.235. The molecule has 0 aliphatic carbocycles. The maximum Gasteiger partial charge on any atom is 0.339 e. The maximum atomic E-state index is 12.5. The van der Waals surface area contributed by atoms with Gasteiger partial charge in [0.25, 0.3) is 5.91 Å². The molecular weight excluding hydrogens is 374 g/mol. The molecule has 6 nitrogen and oxygen atoms in total. The molecule has 1 aliphatic heterocycles. The number of hydrogen-bond donors (Lipinski definition) is 1. The number of hydrogen-bond acceptors (Lipinski definition) is 4. The van der Waals surface area contributed by atoms with Crippen molar-refractivity contribution < 1.29 is 14.7 Å². The average molecular weight is 390 g/mol. The van der Waals surface area contributed by atoms with Crippen molar-refractivity contribution in [1.82, 2.24) is 9.88 Å². The topological polar surface area (TPSA) is 73.7 Å². The van der Waals surface area contributed by atoms with Gasteiger partial charge < -0.3 is 14.9 Å². The first-order valence-corrected chi connectivity index (χ1v) is 8.33. The zero-order chi connectivity index (χ0) is 17.1. The number of carbonyl (C=O) groups excluding carboxylic acids is 1. The lowest BCUT2D eigenvalue weighted by Gasteiger charge is -2.35. The van der Waals surface area contributed by atoms with Crippen LogP contribution in [0.5, 0.6) is 0 Å². The number of aromatic carboxylic acids is 1. The molecule has 2 aromatic rings. The van der Waals surface area contributed by atoms with E-state index in [9.17, 15) is 14.7 Å². The van der Waals surface area contributed by atoms with E-state index in [2.05, 4.69) is 20.9 Å². The zero-order valence-corrected chi connectivity index (χ0v) is 14.4. The van der Waals surface area contributed by atoms with Gasteiger partial charge in [-0.3, -0.25) is 4.79 Å². The second-order valence-electron chi connectivity index (χ2n) is 5.47. The first-order valence-electron chi connectivity index (χ1n) is 7.54. The van der Waals surface area contributed by atoms with E-state index < -0.39 is 5.97 Å². The van der Waals surface area contributed by atoms with E-state index in [1.165, 1.54) is 0 Å². The number of halogens is 1. The lowest BCUT2D eigenvalue weighted by molar-refractivity contribution is 0.0692. The Bertz CT molecular complexity index is 756. The average Bonchev–Trinajstić information content (AvgIpc) is 2.62. The van der Waals surface area contributed by atoms with Crippen LogP contribution in [0, 0.1) is 0 Å². The standard InChI is InChI=1S/C17H16BrN3O3/c18-13-5-3-12(4-6-13)16(22)21-10-8-20(9-11-21)15-14(17(23)24)2-1-7-19-15/h1-7H,8-11H2,(H,23,24). The minimum atomic E-state index is -0.994. The number of nitrogens with zero attached hydrogens (tertiary/aromatic N) is 3. The molecule has 1 aromatic carbocycles. The number of piperazine rings is 1. The van der Waals surface area contributed by atoms with Gasteiger partial charge in [0.1, 0.15) is 11.4 Å². The molecule has 0 bridgehead atoms. The monoisotopic (exact) mass is 389 g/mol. The van der Waals surface area contributed by atoms with Gasteiger partial charge in [-0.25, -0.2) is 9.78 Å². The number of carboxylic acid groups (broad SMARTS) is 1. The molecule has 0 atom stereocenters. The van der Waals surface area contributed by atoms with Gasteiger partial charge in [-0.15, -0.1) is 0 Å². The quantitative estimate of drug-likeness (QED) is 0.872. The van der Waals surface area contributed by atoms with Crippen LogP contribution < -0.4 is 4.90 Å². The summed E-state index contributed by atoms with van der Waals surface area (Å²) in [5.41, 5.74) is 0.834. The summed E-state index contributed by atoms with van der Waals surface area (Å²) in [5.74, 6) is -0.547. The van der Waals surface area contributed by atoms with Crippen molar-refractivity contribution in [2.24, 2.45) is 0 Å². The zero-order valence-electron chi connectivity index (χ0n) is 12.9. The van der Waals surface area contributed by atoms with E-state index in [0.717, 1.165) is 4.47 Å². The van der Waals surface area contributed by atoms with E-state index in [-0.39, 0.29) is 11.5 Å². The van der Waals surface area contributed by atoms with Crippen molar-refractivity contribution in [2.45, 2.75) is 0 Å². The minimum Gasteiger partial charge on any atom is -0.478 e. The largest absolute Gasteiger partial charge is 0.478 e. The SMILES string of the molecule is O=C(O)c1cccnc1N1CCN(C(=O)c2ccc(Br)cc2)CC1. The molecule has 0 saturated carbocycles. The minimum absolute atomic E-state index is 0.0124. The van der Waals surface area contributed by atoms with Gasteiger partial charge in [0.2, 0.25) is 0 Å². The number of anilines is 1. The van der Waals surface area contributed by atoms with Gasteiger partial charge in [0.05, 0.1) is 0 Å². The van der Waals surface area contributed by atoms with Crippen LogP contribution in [0.2, 0.25) is 0 Å². The molecule has 7 heteroatoms. The molecule has 0 radical (unpaired) electrons. The van der Waals surface area contributed by atoms with Crippen LogP contribution >= 0.6 is 15.9 Å². The smallest absolute Gasteiger partial charge is 0.339 e. The third kappa shape index (κ3) is 3.41. The molecule has 1 N–H and O–H groups in total. The first kappa shape index (κ1) is 16.4. The summed E-state index contributed by atoms with van der Waals surface area (Å²) >= 11 is 3.36. The van der Waals surface area contributed by atoms with E-state index in [0.29, 0.717) is 37.6 Å². The lowest BCUT2D eigenvalue weighted by atomic mass is 10.1. The molecule has 1 amide bonds. The van der Waals surface area contributed by atoms with Gasteiger partial charge in [0.15, 0.2) is 0 Å². The predicted molar refractivity (Wildman–Crippen MR) is 93.5 cm³/mol. The molecule has 24 heavy (non-hydrogen) atoms. The molecule has 0 unspecified atom stereocenters. The van der Waals surface area contributed by atoms with E-state index in [1.807, 2.05) is 17.0 Å². The summed E-state index contributed by atoms with van der Waals surface area (Å²) in [5, 5.41) is 9.27. The molecule has 1 fully saturated rings. The molecule has 3 rings (SSSR count). The molecule has 0 spiro atoms. The number of aromatic nitrogens is 1. The van der Waals surface area contributed by atoms with Crippen LogP contribution in [0.3, 0.4) is 0 Å². The van der Waals surface area contributed by atoms with E-state index >= 15 is 0 Å². The maximum absolute atomic E-state index is 12.5. The van der Waals surface area contributed by atoms with Gasteiger partial charge in [-0.2, -0.15) is 0 Å². The Kier molecular flexibility index (Phi) is 4.80. The lowest BCUT2D eigenvalue weighted by Crippen LogP contribution is -2.49. The van der Waals surface area contributed by atoms with Crippen molar-refractivity contribution in [3.8, 4) is 0 Å². The summed E-state index contributed by atoms with van der Waals surface area (Å²) in [7, 11) is 0. The van der Waals surface area contributed by atoms with Crippen LogP contribution in [-0.2, 0) is 0 Å². The summed E-state index contributed by atoms with van der Waals surface area (Å²) in [6.07, 6.45) is 1.58. The highest BCUT2D eigenvalue weighted by Crippen LogP contribution is 2.20. The normalized spacial score (nSPS) is 14.5. The Hall–Kier alpha value is -2.41. The van der Waals surface area contributed by atoms with Crippen molar-refractivity contribution in [3.63, 3.8) is 0 Å². The summed E-state index contributed by atoms with van der Waals surface area (Å²) < 4.78 is 0.931. The number of benzene rings is 1. The Balaban J connectivity index is 1.69.